The van der Waals surface area contributed by atoms with E-state index in [2.05, 4.69) is 30.8 Å². The molecule has 2 aromatic carbocycles. The highest BCUT2D eigenvalue weighted by Crippen LogP contribution is 2.36. The maximum absolute atomic E-state index is 14.8. The van der Waals surface area contributed by atoms with Gasteiger partial charge in [0.1, 0.15) is 11.6 Å². The summed E-state index contributed by atoms with van der Waals surface area (Å²) < 4.78 is 54.1. The fourth-order valence-electron chi connectivity index (χ4n) is 4.52. The number of allylic oxidation sites excluding steroid dienone is 4. The van der Waals surface area contributed by atoms with Crippen molar-refractivity contribution in [3.05, 3.63) is 82.4 Å². The number of nitrogens with one attached hydrogen (secondary N) is 3. The van der Waals surface area contributed by atoms with Crippen LogP contribution in [-0.4, -0.2) is 48.0 Å². The van der Waals surface area contributed by atoms with E-state index < -0.39 is 40.3 Å². The van der Waals surface area contributed by atoms with Crippen molar-refractivity contribution in [2.24, 2.45) is 5.92 Å². The molecule has 1 aliphatic heterocycles. The van der Waals surface area contributed by atoms with Crippen LogP contribution in [0.15, 0.2) is 66.3 Å². The van der Waals surface area contributed by atoms with Gasteiger partial charge in [0.05, 0.1) is 33.7 Å². The molecule has 1 atom stereocenters. The van der Waals surface area contributed by atoms with Crippen molar-refractivity contribution in [2.45, 2.75) is 12.6 Å². The van der Waals surface area contributed by atoms with Gasteiger partial charge in [0.15, 0.2) is 5.78 Å². The van der Waals surface area contributed by atoms with Crippen LogP contribution in [0, 0.1) is 5.92 Å². The summed E-state index contributed by atoms with van der Waals surface area (Å²) in [5, 5.41) is 7.53. The van der Waals surface area contributed by atoms with Crippen molar-refractivity contribution in [3.8, 4) is 0 Å². The van der Waals surface area contributed by atoms with Gasteiger partial charge < -0.3 is 20.9 Å². The lowest BCUT2D eigenvalue weighted by atomic mass is 9.89. The van der Waals surface area contributed by atoms with Crippen molar-refractivity contribution < 1.29 is 27.2 Å². The van der Waals surface area contributed by atoms with Gasteiger partial charge in [0.25, 0.3) is 0 Å². The van der Waals surface area contributed by atoms with Gasteiger partial charge in [-0.2, -0.15) is 13.2 Å². The number of nitrogens with zero attached hydrogens (tertiary/aromatic N) is 3. The Morgan fingerprint density at radius 1 is 1.02 bits per heavy atom. The first-order valence-corrected chi connectivity index (χ1v) is 12.7. The number of fused-ring (bicyclic) bond motifs is 1. The van der Waals surface area contributed by atoms with Gasteiger partial charge in [0.2, 0.25) is 0 Å². The normalized spacial score (nSPS) is 17.7. The molecule has 2 aliphatic rings. The van der Waals surface area contributed by atoms with E-state index in [9.17, 15) is 27.2 Å². The van der Waals surface area contributed by atoms with Crippen molar-refractivity contribution in [1.29, 1.82) is 0 Å². The number of urea groups is 1. The van der Waals surface area contributed by atoms with Gasteiger partial charge in [-0.25, -0.2) is 14.2 Å². The second-order valence-electron chi connectivity index (χ2n) is 9.30. The summed E-state index contributed by atoms with van der Waals surface area (Å²) >= 11 is 5.62. The Morgan fingerprint density at radius 3 is 2.55 bits per heavy atom. The van der Waals surface area contributed by atoms with Crippen LogP contribution < -0.4 is 20.9 Å². The number of piperazine rings is 1. The van der Waals surface area contributed by atoms with Gasteiger partial charge in [-0.1, -0.05) is 11.6 Å². The molecule has 208 valence electrons. The van der Waals surface area contributed by atoms with E-state index in [1.165, 1.54) is 12.1 Å². The number of anilines is 2. The van der Waals surface area contributed by atoms with E-state index >= 15 is 0 Å². The van der Waals surface area contributed by atoms with E-state index in [4.69, 9.17) is 11.6 Å². The maximum atomic E-state index is 14.8. The number of carbonyl (C=O) groups excluding carboxylic acids is 2. The highest BCUT2D eigenvalue weighted by Gasteiger charge is 2.34. The predicted molar refractivity (Wildman–Crippen MR) is 143 cm³/mol. The molecule has 13 heteroatoms. The molecule has 1 unspecified atom stereocenters. The third kappa shape index (κ3) is 6.07. The standard InChI is InChI=1S/C27H23ClF4N6O2/c28-20-4-2-17(13-19(20)27(30,31)32)36-26(40)35-16-3-5-21(29)18(12-16)25(39)15-1-6-22-23(11-15)37-24(14-34-22)38-9-7-33-8-10-38/h1-6,11,13-14,18,33H,7-10,12H2,(H2,35,36,40). The summed E-state index contributed by atoms with van der Waals surface area (Å²) in [6.07, 6.45) is -0.801. The molecule has 1 aromatic heterocycles. The van der Waals surface area contributed by atoms with Gasteiger partial charge >= 0.3 is 12.2 Å². The van der Waals surface area contributed by atoms with Crippen LogP contribution in [0.4, 0.5) is 33.9 Å². The topological polar surface area (TPSA) is 99.2 Å². The highest BCUT2D eigenvalue weighted by atomic mass is 35.5. The highest BCUT2D eigenvalue weighted by molar-refractivity contribution is 6.31. The zero-order chi connectivity index (χ0) is 28.4. The van der Waals surface area contributed by atoms with Crippen molar-refractivity contribution in [1.82, 2.24) is 20.6 Å². The van der Waals surface area contributed by atoms with Crippen molar-refractivity contribution in [3.63, 3.8) is 0 Å². The van der Waals surface area contributed by atoms with Crippen LogP contribution in [0.1, 0.15) is 22.3 Å². The number of carbonyl (C=O) groups is 2. The Bertz CT molecular complexity index is 1540. The van der Waals surface area contributed by atoms with E-state index in [-0.39, 0.29) is 23.4 Å². The zero-order valence-corrected chi connectivity index (χ0v) is 21.6. The lowest BCUT2D eigenvalue weighted by Gasteiger charge is -2.28. The number of amides is 2. The smallest absolute Gasteiger partial charge is 0.353 e. The van der Waals surface area contributed by atoms with Crippen LogP contribution in [0.25, 0.3) is 11.0 Å². The van der Waals surface area contributed by atoms with Crippen LogP contribution in [0.3, 0.4) is 0 Å². The van der Waals surface area contributed by atoms with Crippen molar-refractivity contribution in [2.75, 3.05) is 36.4 Å². The molecule has 3 N–H and O–H groups in total. The van der Waals surface area contributed by atoms with E-state index in [0.29, 0.717) is 22.9 Å². The van der Waals surface area contributed by atoms with E-state index in [1.54, 1.807) is 24.4 Å². The molecule has 1 fully saturated rings. The lowest BCUT2D eigenvalue weighted by molar-refractivity contribution is -0.137. The first kappa shape index (κ1) is 27.5. The summed E-state index contributed by atoms with van der Waals surface area (Å²) in [6.45, 7) is 3.19. The van der Waals surface area contributed by atoms with Crippen molar-refractivity contribution >= 4 is 46.0 Å². The minimum absolute atomic E-state index is 0.141. The molecule has 8 nitrogen and oxygen atoms in total. The number of benzene rings is 2. The predicted octanol–water partition coefficient (Wildman–Crippen LogP) is 5.47. The summed E-state index contributed by atoms with van der Waals surface area (Å²) in [5.74, 6) is -1.70. The second kappa shape index (κ2) is 11.2. The number of Topliss-reactive ketones (excluding diaryl/α,β-unsaturated/α-hetero) is 1. The third-order valence-corrected chi connectivity index (χ3v) is 6.91. The Morgan fingerprint density at radius 2 is 1.80 bits per heavy atom. The Kier molecular flexibility index (Phi) is 7.72. The summed E-state index contributed by atoms with van der Waals surface area (Å²) in [5.41, 5.74) is 0.293. The third-order valence-electron chi connectivity index (χ3n) is 6.58. The molecule has 0 bridgehead atoms. The Balaban J connectivity index is 1.28. The van der Waals surface area contributed by atoms with Crippen LogP contribution in [0.5, 0.6) is 0 Å². The molecule has 5 rings (SSSR count). The molecule has 1 saturated heterocycles. The first-order valence-electron chi connectivity index (χ1n) is 12.4. The largest absolute Gasteiger partial charge is 0.417 e. The fraction of sp³-hybridized carbons (Fsp3) is 0.259. The van der Waals surface area contributed by atoms with Gasteiger partial charge in [-0.15, -0.1) is 0 Å². The molecular weight excluding hydrogens is 552 g/mol. The number of halogens is 5. The monoisotopic (exact) mass is 574 g/mol. The summed E-state index contributed by atoms with van der Waals surface area (Å²) in [6, 6.07) is 6.85. The molecule has 3 aromatic rings. The second-order valence-corrected chi connectivity index (χ2v) is 9.71. The Labute approximate surface area is 231 Å². The minimum Gasteiger partial charge on any atom is -0.353 e. The number of alkyl halides is 3. The number of aromatic nitrogens is 2. The average Bonchev–Trinajstić information content (AvgIpc) is 2.94. The van der Waals surface area contributed by atoms with Gasteiger partial charge in [-0.3, -0.25) is 9.78 Å². The van der Waals surface area contributed by atoms with Crippen LogP contribution >= 0.6 is 11.6 Å². The molecule has 40 heavy (non-hydrogen) atoms. The summed E-state index contributed by atoms with van der Waals surface area (Å²) in [7, 11) is 0. The van der Waals surface area contributed by atoms with Gasteiger partial charge in [-0.05, 0) is 48.6 Å². The molecule has 0 spiro atoms. The number of ketones is 1. The first-order chi connectivity index (χ1) is 19.1. The van der Waals surface area contributed by atoms with Gasteiger partial charge in [0, 0.05) is 49.5 Å². The molecule has 0 radical (unpaired) electrons. The van der Waals surface area contributed by atoms with Crippen LogP contribution in [0.2, 0.25) is 5.02 Å². The summed E-state index contributed by atoms with van der Waals surface area (Å²) in [4.78, 5) is 36.9. The van der Waals surface area contributed by atoms with E-state index in [1.807, 2.05) is 0 Å². The van der Waals surface area contributed by atoms with E-state index in [0.717, 1.165) is 38.3 Å². The fourth-order valence-corrected chi connectivity index (χ4v) is 4.75. The number of hydrogen-bond donors (Lipinski definition) is 3. The molecule has 2 heterocycles. The zero-order valence-electron chi connectivity index (χ0n) is 20.9. The molecule has 1 aliphatic carbocycles. The molecule has 2 amide bonds. The van der Waals surface area contributed by atoms with Crippen LogP contribution in [-0.2, 0) is 6.18 Å². The minimum atomic E-state index is -4.70. The lowest BCUT2D eigenvalue weighted by Crippen LogP contribution is -2.43. The quantitative estimate of drug-likeness (QED) is 0.276. The maximum Gasteiger partial charge on any atom is 0.417 e. The molecule has 0 saturated carbocycles. The molecular formula is C27H23ClF4N6O2. The number of hydrogen-bond acceptors (Lipinski definition) is 6. The average molecular weight is 575 g/mol. The SMILES string of the molecule is O=C(NC1=CC=C(F)C(C(=O)c2ccc3ncc(N4CCNCC4)nc3c2)C1)Nc1ccc(Cl)c(C(F)(F)F)c1. The number of rotatable bonds is 5. The Hall–Kier alpha value is -4.03.